The fraction of sp³-hybridized carbons (Fsp3) is 0.700. The molecule has 3 heteroatoms. The fourth-order valence-electron chi connectivity index (χ4n) is 1.01. The van der Waals surface area contributed by atoms with Crippen LogP contribution in [0.3, 0.4) is 0 Å². The van der Waals surface area contributed by atoms with Crippen LogP contribution in [-0.4, -0.2) is 15.0 Å². The van der Waals surface area contributed by atoms with Crippen LogP contribution in [0.4, 0.5) is 0 Å². The van der Waals surface area contributed by atoms with Crippen LogP contribution in [0.1, 0.15) is 27.2 Å². The quantitative estimate of drug-likeness (QED) is 0.517. The smallest absolute Gasteiger partial charge is 0.319 e. The van der Waals surface area contributed by atoms with Crippen LogP contribution in [0, 0.1) is 5.41 Å². The van der Waals surface area contributed by atoms with E-state index in [9.17, 15) is 4.79 Å². The molecule has 0 aromatic heterocycles. The highest BCUT2D eigenvalue weighted by Gasteiger charge is 2.18. The first-order chi connectivity index (χ1) is 5.72. The summed E-state index contributed by atoms with van der Waals surface area (Å²) in [5.74, 6) is -0.211. The third-order valence-electron chi connectivity index (χ3n) is 1.38. The maximum atomic E-state index is 11.3. The number of hydrogen-bond acceptors (Lipinski definition) is 2. The number of carbonyl (C=O) groups is 1. The Hall–Kier alpha value is -0.573. The van der Waals surface area contributed by atoms with E-state index < -0.39 is 9.04 Å². The molecule has 0 aliphatic carbocycles. The van der Waals surface area contributed by atoms with Gasteiger partial charge in [0.15, 0.2) is 0 Å². The molecular formula is C10H20O2Si. The van der Waals surface area contributed by atoms with Crippen molar-refractivity contribution in [2.75, 3.05) is 0 Å². The van der Waals surface area contributed by atoms with Gasteiger partial charge in [0.2, 0.25) is 9.04 Å². The zero-order valence-corrected chi connectivity index (χ0v) is 10.5. The van der Waals surface area contributed by atoms with E-state index in [0.29, 0.717) is 12.0 Å². The van der Waals surface area contributed by atoms with Crippen LogP contribution in [0.2, 0.25) is 13.1 Å². The Bertz CT molecular complexity index is 201. The van der Waals surface area contributed by atoms with Gasteiger partial charge >= 0.3 is 5.97 Å². The molecule has 0 spiro atoms. The van der Waals surface area contributed by atoms with Crippen LogP contribution in [-0.2, 0) is 9.22 Å². The van der Waals surface area contributed by atoms with E-state index in [1.165, 1.54) is 0 Å². The molecule has 0 radical (unpaired) electrons. The van der Waals surface area contributed by atoms with E-state index in [-0.39, 0.29) is 11.4 Å². The van der Waals surface area contributed by atoms with Crippen LogP contribution >= 0.6 is 0 Å². The number of rotatable bonds is 3. The molecular weight excluding hydrogens is 180 g/mol. The Morgan fingerprint density at radius 1 is 1.38 bits per heavy atom. The molecule has 0 N–H and O–H groups in total. The highest BCUT2D eigenvalue weighted by molar-refractivity contribution is 6.51. The van der Waals surface area contributed by atoms with Gasteiger partial charge in [-0.05, 0) is 24.9 Å². The van der Waals surface area contributed by atoms with E-state index in [4.69, 9.17) is 4.43 Å². The molecule has 2 nitrogen and oxygen atoms in total. The van der Waals surface area contributed by atoms with Gasteiger partial charge in [-0.3, -0.25) is 0 Å². The molecule has 0 amide bonds. The molecule has 0 atom stereocenters. The lowest BCUT2D eigenvalue weighted by molar-refractivity contribution is -0.130. The molecule has 0 fully saturated rings. The van der Waals surface area contributed by atoms with Crippen molar-refractivity contribution in [2.24, 2.45) is 5.41 Å². The number of hydrogen-bond donors (Lipinski definition) is 0. The summed E-state index contributed by atoms with van der Waals surface area (Å²) < 4.78 is 5.16. The van der Waals surface area contributed by atoms with E-state index in [1.807, 2.05) is 13.1 Å². The first-order valence-electron chi connectivity index (χ1n) is 4.61. The summed E-state index contributed by atoms with van der Waals surface area (Å²) >= 11 is 0. The Labute approximate surface area is 82.7 Å². The van der Waals surface area contributed by atoms with E-state index in [0.717, 1.165) is 0 Å². The molecule has 0 saturated carbocycles. The monoisotopic (exact) mass is 200 g/mol. The third-order valence-corrected chi connectivity index (χ3v) is 2.06. The van der Waals surface area contributed by atoms with Gasteiger partial charge in [0.25, 0.3) is 0 Å². The Balaban J connectivity index is 4.06. The molecule has 0 aliphatic heterocycles. The van der Waals surface area contributed by atoms with Gasteiger partial charge < -0.3 is 4.43 Å². The minimum absolute atomic E-state index is 0.106. The van der Waals surface area contributed by atoms with Crippen molar-refractivity contribution in [3.63, 3.8) is 0 Å². The zero-order chi connectivity index (χ0) is 10.6. The molecule has 0 heterocycles. The molecule has 76 valence electrons. The van der Waals surface area contributed by atoms with E-state index in [2.05, 4.69) is 27.4 Å². The van der Waals surface area contributed by atoms with Crippen molar-refractivity contribution >= 4 is 15.0 Å². The summed E-state index contributed by atoms with van der Waals surface area (Å²) in [6.45, 7) is 13.9. The largest absolute Gasteiger partial charge is 0.519 e. The summed E-state index contributed by atoms with van der Waals surface area (Å²) in [6.07, 6.45) is 0.701. The normalized spacial score (nSPS) is 11.5. The van der Waals surface area contributed by atoms with Gasteiger partial charge in [-0.15, -0.1) is 0 Å². The van der Waals surface area contributed by atoms with Crippen molar-refractivity contribution in [3.8, 4) is 0 Å². The summed E-state index contributed by atoms with van der Waals surface area (Å²) in [4.78, 5) is 11.3. The van der Waals surface area contributed by atoms with Crippen molar-refractivity contribution in [3.05, 3.63) is 12.2 Å². The van der Waals surface area contributed by atoms with Gasteiger partial charge in [-0.2, -0.15) is 0 Å². The molecule has 13 heavy (non-hydrogen) atoms. The summed E-state index contributed by atoms with van der Waals surface area (Å²) in [7, 11) is -1.26. The van der Waals surface area contributed by atoms with Gasteiger partial charge in [0.1, 0.15) is 0 Å². The van der Waals surface area contributed by atoms with Crippen LogP contribution in [0.25, 0.3) is 0 Å². The minimum atomic E-state index is -1.26. The molecule has 0 saturated heterocycles. The predicted molar refractivity (Wildman–Crippen MR) is 58.2 cm³/mol. The summed E-state index contributed by atoms with van der Waals surface area (Å²) in [5, 5.41) is 0. The summed E-state index contributed by atoms with van der Waals surface area (Å²) in [6, 6.07) is 0. The maximum absolute atomic E-state index is 11.3. The topological polar surface area (TPSA) is 26.3 Å². The third kappa shape index (κ3) is 6.58. The minimum Gasteiger partial charge on any atom is -0.519 e. The molecule has 0 aromatic carbocycles. The highest BCUT2D eigenvalue weighted by Crippen LogP contribution is 2.23. The molecule has 0 bridgehead atoms. The average Bonchev–Trinajstić information content (AvgIpc) is 1.81. The van der Waals surface area contributed by atoms with Crippen molar-refractivity contribution < 1.29 is 9.22 Å². The molecule has 0 unspecified atom stereocenters. The number of carbonyl (C=O) groups excluding carboxylic acids is 1. The molecule has 0 rings (SSSR count). The maximum Gasteiger partial charge on any atom is 0.319 e. The van der Waals surface area contributed by atoms with Gasteiger partial charge in [0.05, 0.1) is 0 Å². The fourth-order valence-corrected chi connectivity index (χ4v) is 1.60. The van der Waals surface area contributed by atoms with Crippen LogP contribution in [0.15, 0.2) is 12.2 Å². The van der Waals surface area contributed by atoms with Gasteiger partial charge in [-0.25, -0.2) is 4.79 Å². The Morgan fingerprint density at radius 3 is 2.15 bits per heavy atom. The zero-order valence-electron chi connectivity index (χ0n) is 9.31. The van der Waals surface area contributed by atoms with Gasteiger partial charge in [-0.1, -0.05) is 27.4 Å². The second-order valence-corrected chi connectivity index (χ2v) is 7.13. The van der Waals surface area contributed by atoms with Gasteiger partial charge in [0, 0.05) is 5.57 Å². The lowest BCUT2D eigenvalue weighted by atomic mass is 9.88. The SMILES string of the molecule is C=C(CC(C)(C)C)C(=O)O[SiH](C)C. The van der Waals surface area contributed by atoms with E-state index >= 15 is 0 Å². The average molecular weight is 200 g/mol. The second kappa shape index (κ2) is 4.60. The standard InChI is InChI=1S/C10H20O2Si/c1-8(7-10(2,3)4)9(11)12-13(5)6/h13H,1,7H2,2-6H3. The van der Waals surface area contributed by atoms with Crippen molar-refractivity contribution in [2.45, 2.75) is 40.3 Å². The van der Waals surface area contributed by atoms with Crippen molar-refractivity contribution in [1.82, 2.24) is 0 Å². The summed E-state index contributed by atoms with van der Waals surface area (Å²) in [5.41, 5.74) is 0.697. The lowest BCUT2D eigenvalue weighted by Crippen LogP contribution is -2.19. The Morgan fingerprint density at radius 2 is 1.85 bits per heavy atom. The van der Waals surface area contributed by atoms with E-state index in [1.54, 1.807) is 0 Å². The van der Waals surface area contributed by atoms with Crippen LogP contribution in [0.5, 0.6) is 0 Å². The molecule has 0 aliphatic rings. The Kier molecular flexibility index (Phi) is 4.40. The first-order valence-corrected chi connectivity index (χ1v) is 7.39. The molecule has 0 aromatic rings. The van der Waals surface area contributed by atoms with Crippen molar-refractivity contribution in [1.29, 1.82) is 0 Å². The lowest BCUT2D eigenvalue weighted by Gasteiger charge is -2.19. The highest BCUT2D eigenvalue weighted by atomic mass is 28.3. The first kappa shape index (κ1) is 12.4. The second-order valence-electron chi connectivity index (χ2n) is 4.80. The van der Waals surface area contributed by atoms with Crippen LogP contribution < -0.4 is 0 Å². The predicted octanol–water partition coefficient (Wildman–Crippen LogP) is 2.51.